The van der Waals surface area contributed by atoms with E-state index < -0.39 is 9.84 Å². The summed E-state index contributed by atoms with van der Waals surface area (Å²) < 4.78 is 22.5. The van der Waals surface area contributed by atoms with Gasteiger partial charge in [0.05, 0.1) is 4.90 Å². The average Bonchev–Trinajstić information content (AvgIpc) is 2.15. The van der Waals surface area contributed by atoms with Gasteiger partial charge in [0, 0.05) is 25.0 Å². The van der Waals surface area contributed by atoms with E-state index in [1.165, 1.54) is 6.26 Å². The van der Waals surface area contributed by atoms with Crippen molar-refractivity contribution in [3.8, 4) is 0 Å². The molecule has 0 aliphatic heterocycles. The van der Waals surface area contributed by atoms with Crippen LogP contribution in [-0.4, -0.2) is 27.8 Å². The minimum absolute atomic E-state index is 0.364. The lowest BCUT2D eigenvalue weighted by Gasteiger charge is -2.23. The van der Waals surface area contributed by atoms with Crippen LogP contribution in [0.4, 0.5) is 5.69 Å². The van der Waals surface area contributed by atoms with Gasteiger partial charge in [-0.1, -0.05) is 0 Å². The van der Waals surface area contributed by atoms with Gasteiger partial charge in [0.1, 0.15) is 0 Å². The Kier molecular flexibility index (Phi) is 3.39. The molecule has 1 aromatic rings. The summed E-state index contributed by atoms with van der Waals surface area (Å²) in [6.45, 7) is 4.18. The van der Waals surface area contributed by atoms with Crippen molar-refractivity contribution in [1.29, 1.82) is 0 Å². The van der Waals surface area contributed by atoms with Crippen molar-refractivity contribution in [2.24, 2.45) is 0 Å². The maximum atomic E-state index is 11.2. The Bertz CT molecular complexity index is 420. The molecule has 0 aliphatic rings. The van der Waals surface area contributed by atoms with E-state index in [1.54, 1.807) is 12.1 Å². The van der Waals surface area contributed by atoms with E-state index in [1.807, 2.05) is 19.2 Å². The lowest BCUT2D eigenvalue weighted by atomic mass is 10.2. The van der Waals surface area contributed by atoms with E-state index in [9.17, 15) is 8.42 Å². The highest BCUT2D eigenvalue weighted by molar-refractivity contribution is 7.90. The predicted molar refractivity (Wildman–Crippen MR) is 63.1 cm³/mol. The second-order valence-corrected chi connectivity index (χ2v) is 5.99. The van der Waals surface area contributed by atoms with Crippen LogP contribution in [0, 0.1) is 0 Å². The van der Waals surface area contributed by atoms with Crippen LogP contribution in [0.1, 0.15) is 13.8 Å². The maximum absolute atomic E-state index is 11.2. The third-order valence-electron chi connectivity index (χ3n) is 2.45. The lowest BCUT2D eigenvalue weighted by Crippen LogP contribution is -2.25. The average molecular weight is 227 g/mol. The maximum Gasteiger partial charge on any atom is 0.175 e. The minimum atomic E-state index is -3.08. The molecule has 0 aromatic heterocycles. The smallest absolute Gasteiger partial charge is 0.175 e. The van der Waals surface area contributed by atoms with Crippen LogP contribution in [0.15, 0.2) is 29.2 Å². The molecule has 0 fully saturated rings. The zero-order valence-electron chi connectivity index (χ0n) is 9.56. The number of hydrogen-bond acceptors (Lipinski definition) is 3. The van der Waals surface area contributed by atoms with Crippen LogP contribution >= 0.6 is 0 Å². The van der Waals surface area contributed by atoms with E-state index in [4.69, 9.17) is 0 Å². The molecule has 0 amide bonds. The van der Waals surface area contributed by atoms with Gasteiger partial charge in [0.2, 0.25) is 0 Å². The molecule has 1 aromatic carbocycles. The summed E-state index contributed by atoms with van der Waals surface area (Å²) in [5, 5.41) is 0. The van der Waals surface area contributed by atoms with Crippen LogP contribution in [0.3, 0.4) is 0 Å². The first kappa shape index (κ1) is 12.0. The molecule has 0 aliphatic carbocycles. The zero-order chi connectivity index (χ0) is 11.6. The summed E-state index contributed by atoms with van der Waals surface area (Å²) in [6, 6.07) is 7.34. The lowest BCUT2D eigenvalue weighted by molar-refractivity contribution is 0.602. The highest BCUT2D eigenvalue weighted by Crippen LogP contribution is 2.18. The first-order valence-electron chi connectivity index (χ1n) is 4.85. The van der Waals surface area contributed by atoms with Gasteiger partial charge >= 0.3 is 0 Å². The summed E-state index contributed by atoms with van der Waals surface area (Å²) in [7, 11) is -1.10. The molecular formula is C11H17NO2S. The summed E-state index contributed by atoms with van der Waals surface area (Å²) >= 11 is 0. The molecule has 0 N–H and O–H groups in total. The van der Waals surface area contributed by atoms with Crippen molar-refractivity contribution in [2.75, 3.05) is 18.2 Å². The van der Waals surface area contributed by atoms with Crippen molar-refractivity contribution in [3.05, 3.63) is 24.3 Å². The molecule has 0 unspecified atom stereocenters. The van der Waals surface area contributed by atoms with Crippen LogP contribution < -0.4 is 4.90 Å². The van der Waals surface area contributed by atoms with Gasteiger partial charge in [-0.05, 0) is 38.1 Å². The van der Waals surface area contributed by atoms with Crippen molar-refractivity contribution >= 4 is 15.5 Å². The van der Waals surface area contributed by atoms with E-state index in [2.05, 4.69) is 18.7 Å². The van der Waals surface area contributed by atoms with Crippen LogP contribution in [-0.2, 0) is 9.84 Å². The number of sulfone groups is 1. The van der Waals surface area contributed by atoms with Gasteiger partial charge in [-0.2, -0.15) is 0 Å². The molecule has 0 atom stereocenters. The first-order valence-corrected chi connectivity index (χ1v) is 6.74. The van der Waals surface area contributed by atoms with Gasteiger partial charge in [0.25, 0.3) is 0 Å². The largest absolute Gasteiger partial charge is 0.372 e. The molecule has 3 nitrogen and oxygen atoms in total. The molecule has 0 saturated carbocycles. The second-order valence-electron chi connectivity index (χ2n) is 3.97. The number of rotatable bonds is 3. The van der Waals surface area contributed by atoms with Crippen molar-refractivity contribution in [3.63, 3.8) is 0 Å². The SMILES string of the molecule is CC(C)N(C)c1ccc(S(C)(=O)=O)cc1. The Morgan fingerprint density at radius 2 is 1.60 bits per heavy atom. The minimum Gasteiger partial charge on any atom is -0.372 e. The molecular weight excluding hydrogens is 210 g/mol. The second kappa shape index (κ2) is 4.23. The third-order valence-corrected chi connectivity index (χ3v) is 3.58. The monoisotopic (exact) mass is 227 g/mol. The molecule has 1 rings (SSSR count). The third kappa shape index (κ3) is 2.96. The molecule has 0 saturated heterocycles. The molecule has 84 valence electrons. The summed E-state index contributed by atoms with van der Waals surface area (Å²) in [5.74, 6) is 0. The number of hydrogen-bond donors (Lipinski definition) is 0. The van der Waals surface area contributed by atoms with Gasteiger partial charge < -0.3 is 4.90 Å². The van der Waals surface area contributed by atoms with Gasteiger partial charge in [-0.25, -0.2) is 8.42 Å². The number of anilines is 1. The van der Waals surface area contributed by atoms with Crippen LogP contribution in [0.5, 0.6) is 0 Å². The van der Waals surface area contributed by atoms with E-state index in [-0.39, 0.29) is 0 Å². The van der Waals surface area contributed by atoms with Crippen molar-refractivity contribution < 1.29 is 8.42 Å². The Labute approximate surface area is 91.6 Å². The normalized spacial score (nSPS) is 11.8. The summed E-state index contributed by atoms with van der Waals surface area (Å²) in [6.07, 6.45) is 1.22. The Morgan fingerprint density at radius 1 is 1.13 bits per heavy atom. The molecule has 0 radical (unpaired) electrons. The van der Waals surface area contributed by atoms with Gasteiger partial charge in [0.15, 0.2) is 9.84 Å². The predicted octanol–water partition coefficient (Wildman–Crippen LogP) is 1.93. The van der Waals surface area contributed by atoms with Gasteiger partial charge in [-0.15, -0.1) is 0 Å². The number of nitrogens with zero attached hydrogens (tertiary/aromatic N) is 1. The Morgan fingerprint density at radius 3 is 1.93 bits per heavy atom. The highest BCUT2D eigenvalue weighted by Gasteiger charge is 2.08. The van der Waals surface area contributed by atoms with Crippen molar-refractivity contribution in [2.45, 2.75) is 24.8 Å². The van der Waals surface area contributed by atoms with Crippen LogP contribution in [0.25, 0.3) is 0 Å². The molecule has 0 bridgehead atoms. The van der Waals surface area contributed by atoms with E-state index >= 15 is 0 Å². The van der Waals surface area contributed by atoms with E-state index in [0.717, 1.165) is 5.69 Å². The highest BCUT2D eigenvalue weighted by atomic mass is 32.2. The fraction of sp³-hybridized carbons (Fsp3) is 0.455. The molecule has 0 spiro atoms. The summed E-state index contributed by atoms with van der Waals surface area (Å²) in [4.78, 5) is 2.45. The van der Waals surface area contributed by atoms with Crippen LogP contribution in [0.2, 0.25) is 0 Å². The first-order chi connectivity index (χ1) is 6.82. The number of benzene rings is 1. The standard InChI is InChI=1S/C11H17NO2S/c1-9(2)12(3)10-5-7-11(8-6-10)15(4,13)14/h5-9H,1-4H3. The quantitative estimate of drug-likeness (QED) is 0.792. The fourth-order valence-corrected chi connectivity index (χ4v) is 1.86. The summed E-state index contributed by atoms with van der Waals surface area (Å²) in [5.41, 5.74) is 1.03. The molecule has 15 heavy (non-hydrogen) atoms. The van der Waals surface area contributed by atoms with E-state index in [0.29, 0.717) is 10.9 Å². The van der Waals surface area contributed by atoms with Crippen molar-refractivity contribution in [1.82, 2.24) is 0 Å². The fourth-order valence-electron chi connectivity index (χ4n) is 1.23. The Balaban J connectivity index is 3.01. The molecule has 4 heteroatoms. The topological polar surface area (TPSA) is 37.4 Å². The molecule has 0 heterocycles. The zero-order valence-corrected chi connectivity index (χ0v) is 10.4. The Hall–Kier alpha value is -1.03. The van der Waals surface area contributed by atoms with Gasteiger partial charge in [-0.3, -0.25) is 0 Å².